The maximum atomic E-state index is 12.6. The van der Waals surface area contributed by atoms with Crippen LogP contribution in [0.4, 0.5) is 0 Å². The number of ether oxygens (including phenoxy) is 1. The number of nitrogens with one attached hydrogen (secondary N) is 1. The lowest BCUT2D eigenvalue weighted by atomic mass is 9.86. The lowest BCUT2D eigenvalue weighted by Crippen LogP contribution is -2.31. The fourth-order valence-corrected chi connectivity index (χ4v) is 3.40. The Kier molecular flexibility index (Phi) is 9.07. The smallest absolute Gasteiger partial charge is 0.307 e. The van der Waals surface area contributed by atoms with Crippen molar-refractivity contribution < 1.29 is 14.3 Å². The molecule has 1 aromatic carbocycles. The molecule has 1 heterocycles. The molecule has 1 atom stereocenters. The highest BCUT2D eigenvalue weighted by molar-refractivity contribution is 7.09. The first-order valence-electron chi connectivity index (χ1n) is 8.87. The van der Waals surface area contributed by atoms with Crippen LogP contribution in [0.3, 0.4) is 0 Å². The summed E-state index contributed by atoms with van der Waals surface area (Å²) >= 11 is 1.40. The average molecular weight is 426 g/mol. The van der Waals surface area contributed by atoms with Gasteiger partial charge in [0, 0.05) is 11.8 Å². The number of nitrogens with zero attached hydrogens (tertiary/aromatic N) is 1. The number of nitrogens with two attached hydrogens (primary N) is 1. The first kappa shape index (κ1) is 24.1. The molecule has 154 valence electrons. The molecule has 0 saturated heterocycles. The van der Waals surface area contributed by atoms with Crippen LogP contribution in [0.2, 0.25) is 0 Å². The third kappa shape index (κ3) is 6.58. The van der Waals surface area contributed by atoms with Gasteiger partial charge in [-0.25, -0.2) is 4.98 Å². The van der Waals surface area contributed by atoms with Crippen LogP contribution in [0, 0.1) is 0 Å². The lowest BCUT2D eigenvalue weighted by molar-refractivity contribution is -0.141. The van der Waals surface area contributed by atoms with Crippen LogP contribution in [-0.4, -0.2) is 30.5 Å². The summed E-state index contributed by atoms with van der Waals surface area (Å²) in [7, 11) is 1.34. The molecular weight excluding hydrogens is 398 g/mol. The molecule has 1 unspecified atom stereocenters. The van der Waals surface area contributed by atoms with Gasteiger partial charge in [-0.3, -0.25) is 9.59 Å². The molecule has 0 aliphatic heterocycles. The van der Waals surface area contributed by atoms with Crippen molar-refractivity contribution >= 4 is 35.6 Å². The highest BCUT2D eigenvalue weighted by Gasteiger charge is 2.22. The first-order chi connectivity index (χ1) is 12.7. The molecule has 2 aromatic rings. The highest BCUT2D eigenvalue weighted by Crippen LogP contribution is 2.25. The average Bonchev–Trinajstić information content (AvgIpc) is 3.09. The fraction of sp³-hybridized carbons (Fsp3) is 0.450. The monoisotopic (exact) mass is 425 g/mol. The summed E-state index contributed by atoms with van der Waals surface area (Å²) in [6.45, 7) is 6.89. The van der Waals surface area contributed by atoms with Crippen molar-refractivity contribution in [2.45, 2.75) is 45.1 Å². The van der Waals surface area contributed by atoms with E-state index in [9.17, 15) is 9.59 Å². The van der Waals surface area contributed by atoms with Crippen LogP contribution in [-0.2, 0) is 21.4 Å². The number of halogens is 1. The number of methoxy groups -OCH3 is 1. The summed E-state index contributed by atoms with van der Waals surface area (Å²) in [6.07, 6.45) is 0.689. The van der Waals surface area contributed by atoms with Gasteiger partial charge in [0.25, 0.3) is 5.91 Å². The Labute approximate surface area is 176 Å². The number of aromatic nitrogens is 1. The molecule has 1 aromatic heterocycles. The summed E-state index contributed by atoms with van der Waals surface area (Å²) in [4.78, 5) is 28.7. The molecule has 1 amide bonds. The van der Waals surface area contributed by atoms with E-state index in [1.807, 2.05) is 24.3 Å². The van der Waals surface area contributed by atoms with Crippen molar-refractivity contribution in [2.75, 3.05) is 13.7 Å². The molecule has 28 heavy (non-hydrogen) atoms. The summed E-state index contributed by atoms with van der Waals surface area (Å²) in [5.74, 6) is -0.703. The minimum Gasteiger partial charge on any atom is -0.469 e. The molecule has 0 radical (unpaired) electrons. The van der Waals surface area contributed by atoms with Crippen LogP contribution in [0.1, 0.15) is 59.9 Å². The summed E-state index contributed by atoms with van der Waals surface area (Å²) in [5.41, 5.74) is 7.92. The predicted molar refractivity (Wildman–Crippen MR) is 114 cm³/mol. The summed E-state index contributed by atoms with van der Waals surface area (Å²) in [5, 5.41) is 5.43. The number of amides is 1. The normalized spacial score (nSPS) is 12.0. The van der Waals surface area contributed by atoms with Crippen molar-refractivity contribution in [1.82, 2.24) is 10.3 Å². The van der Waals surface area contributed by atoms with Gasteiger partial charge in [-0.2, -0.15) is 0 Å². The van der Waals surface area contributed by atoms with Gasteiger partial charge in [-0.15, -0.1) is 23.7 Å². The quantitative estimate of drug-likeness (QED) is 0.663. The highest BCUT2D eigenvalue weighted by atomic mass is 35.5. The standard InChI is InChI=1S/C20H27N3O3S.ClH/c1-20(2,3)14-7-5-13(6-8-14)15(11-18(24)26-4)23-19(25)16-12-27-17(22-16)9-10-21;/h5-8,12,15H,9-11,21H2,1-4H3,(H,23,25);1H. The van der Waals surface area contributed by atoms with Gasteiger partial charge in [-0.1, -0.05) is 45.0 Å². The number of esters is 1. The molecule has 8 heteroatoms. The maximum Gasteiger partial charge on any atom is 0.307 e. The van der Waals surface area contributed by atoms with Crippen LogP contribution in [0.25, 0.3) is 0 Å². The van der Waals surface area contributed by atoms with Crippen LogP contribution < -0.4 is 11.1 Å². The molecule has 0 aliphatic rings. The zero-order valence-electron chi connectivity index (χ0n) is 16.7. The van der Waals surface area contributed by atoms with Crippen molar-refractivity contribution in [3.63, 3.8) is 0 Å². The molecule has 0 aliphatic carbocycles. The van der Waals surface area contributed by atoms with Gasteiger partial charge >= 0.3 is 5.97 Å². The number of carbonyl (C=O) groups is 2. The third-order valence-electron chi connectivity index (χ3n) is 4.23. The Balaban J connectivity index is 0.00000392. The second-order valence-corrected chi connectivity index (χ2v) is 8.29. The summed E-state index contributed by atoms with van der Waals surface area (Å²) < 4.78 is 4.79. The Morgan fingerprint density at radius 3 is 2.43 bits per heavy atom. The Bertz CT molecular complexity index is 785. The minimum atomic E-state index is -0.487. The fourth-order valence-electron chi connectivity index (χ4n) is 2.60. The van der Waals surface area contributed by atoms with Crippen molar-refractivity contribution in [3.8, 4) is 0 Å². The van der Waals surface area contributed by atoms with Crippen molar-refractivity contribution in [3.05, 3.63) is 51.5 Å². The predicted octanol–water partition coefficient (Wildman–Crippen LogP) is 3.40. The van der Waals surface area contributed by atoms with Gasteiger partial charge in [0.2, 0.25) is 0 Å². The second-order valence-electron chi connectivity index (χ2n) is 7.34. The molecule has 0 fully saturated rings. The van der Waals surface area contributed by atoms with E-state index < -0.39 is 6.04 Å². The zero-order chi connectivity index (χ0) is 20.0. The number of hydrogen-bond acceptors (Lipinski definition) is 6. The van der Waals surface area contributed by atoms with E-state index in [2.05, 4.69) is 31.1 Å². The van der Waals surface area contributed by atoms with Crippen molar-refractivity contribution in [2.24, 2.45) is 5.73 Å². The van der Waals surface area contributed by atoms with E-state index in [0.717, 1.165) is 10.6 Å². The SMILES string of the molecule is COC(=O)CC(NC(=O)c1csc(CCN)n1)c1ccc(C(C)(C)C)cc1.Cl. The molecule has 0 spiro atoms. The van der Waals surface area contributed by atoms with E-state index in [0.29, 0.717) is 18.7 Å². The Hall–Kier alpha value is -1.96. The van der Waals surface area contributed by atoms with Crippen molar-refractivity contribution in [1.29, 1.82) is 0 Å². The Morgan fingerprint density at radius 2 is 1.89 bits per heavy atom. The van der Waals surface area contributed by atoms with E-state index in [4.69, 9.17) is 10.5 Å². The van der Waals surface area contributed by atoms with Crippen LogP contribution in [0.15, 0.2) is 29.6 Å². The number of thiazole rings is 1. The molecule has 6 nitrogen and oxygen atoms in total. The molecule has 0 bridgehead atoms. The van der Waals surface area contributed by atoms with Gasteiger partial charge in [0.15, 0.2) is 0 Å². The van der Waals surface area contributed by atoms with E-state index in [1.54, 1.807) is 5.38 Å². The number of rotatable bonds is 7. The second kappa shape index (κ2) is 10.5. The molecular formula is C20H28ClN3O3S. The lowest BCUT2D eigenvalue weighted by Gasteiger charge is -2.22. The molecule has 2 rings (SSSR count). The van der Waals surface area contributed by atoms with Crippen LogP contribution >= 0.6 is 23.7 Å². The number of hydrogen-bond donors (Lipinski definition) is 2. The minimum absolute atomic E-state index is 0. The number of carbonyl (C=O) groups excluding carboxylic acids is 2. The number of benzene rings is 1. The molecule has 3 N–H and O–H groups in total. The molecule has 0 saturated carbocycles. The summed E-state index contributed by atoms with van der Waals surface area (Å²) in [6, 6.07) is 7.44. The largest absolute Gasteiger partial charge is 0.469 e. The maximum absolute atomic E-state index is 12.6. The Morgan fingerprint density at radius 1 is 1.25 bits per heavy atom. The first-order valence-corrected chi connectivity index (χ1v) is 9.75. The van der Waals surface area contributed by atoms with Gasteiger partial charge < -0.3 is 15.8 Å². The van der Waals surface area contributed by atoms with Gasteiger partial charge in [0.1, 0.15) is 5.69 Å². The van der Waals surface area contributed by atoms with E-state index >= 15 is 0 Å². The van der Waals surface area contributed by atoms with E-state index in [-0.39, 0.29) is 36.1 Å². The van der Waals surface area contributed by atoms with E-state index in [1.165, 1.54) is 24.0 Å². The van der Waals surface area contributed by atoms with Gasteiger partial charge in [-0.05, 0) is 23.1 Å². The van der Waals surface area contributed by atoms with Crippen LogP contribution in [0.5, 0.6) is 0 Å². The topological polar surface area (TPSA) is 94.3 Å². The zero-order valence-corrected chi connectivity index (χ0v) is 18.3. The third-order valence-corrected chi connectivity index (χ3v) is 5.13. The van der Waals surface area contributed by atoms with Gasteiger partial charge in [0.05, 0.1) is 24.6 Å².